The van der Waals surface area contributed by atoms with Crippen molar-refractivity contribution in [3.63, 3.8) is 0 Å². The first-order valence-electron chi connectivity index (χ1n) is 8.76. The van der Waals surface area contributed by atoms with Crippen LogP contribution in [0.4, 0.5) is 5.69 Å². The Labute approximate surface area is 168 Å². The maximum atomic E-state index is 13.3. The number of para-hydroxylation sites is 1. The van der Waals surface area contributed by atoms with Crippen molar-refractivity contribution in [1.29, 1.82) is 0 Å². The van der Waals surface area contributed by atoms with Gasteiger partial charge >= 0.3 is 5.97 Å². The molecule has 2 aromatic rings. The van der Waals surface area contributed by atoms with Gasteiger partial charge in [0.15, 0.2) is 0 Å². The third-order valence-corrected chi connectivity index (χ3v) is 6.61. The standard InChI is InChI=1S/C19H21N3O6S/c1-28-14-6-8-15(9-7-14)29(26,27)22-11-13-4-2-3-5-16(13)21(18(23)10-20)12-17(22)19(24)25/h2-9,17H,10-12,20H2,1H3,(H,24,25). The van der Waals surface area contributed by atoms with E-state index in [1.165, 1.54) is 36.3 Å². The van der Waals surface area contributed by atoms with Crippen molar-refractivity contribution in [1.82, 2.24) is 4.31 Å². The van der Waals surface area contributed by atoms with Gasteiger partial charge in [-0.1, -0.05) is 18.2 Å². The Morgan fingerprint density at radius 2 is 1.83 bits per heavy atom. The van der Waals surface area contributed by atoms with E-state index in [0.29, 0.717) is 17.0 Å². The molecule has 9 nitrogen and oxygen atoms in total. The van der Waals surface area contributed by atoms with Crippen LogP contribution in [0.25, 0.3) is 0 Å². The highest BCUT2D eigenvalue weighted by atomic mass is 32.2. The molecule has 3 N–H and O–H groups in total. The number of nitrogens with zero attached hydrogens (tertiary/aromatic N) is 2. The van der Waals surface area contributed by atoms with Gasteiger partial charge < -0.3 is 20.5 Å². The lowest BCUT2D eigenvalue weighted by Gasteiger charge is -2.28. The zero-order valence-electron chi connectivity index (χ0n) is 15.7. The molecule has 0 aromatic heterocycles. The van der Waals surface area contributed by atoms with Crippen molar-refractivity contribution in [3.05, 3.63) is 54.1 Å². The molecule has 0 fully saturated rings. The van der Waals surface area contributed by atoms with E-state index < -0.39 is 27.9 Å². The minimum Gasteiger partial charge on any atom is -0.497 e. The fraction of sp³-hybridized carbons (Fsp3) is 0.263. The number of fused-ring (bicyclic) bond motifs is 1. The van der Waals surface area contributed by atoms with Gasteiger partial charge in [0.1, 0.15) is 11.8 Å². The molecule has 1 unspecified atom stereocenters. The van der Waals surface area contributed by atoms with Crippen LogP contribution >= 0.6 is 0 Å². The quantitative estimate of drug-likeness (QED) is 0.727. The number of carbonyl (C=O) groups excluding carboxylic acids is 1. The van der Waals surface area contributed by atoms with Crippen LogP contribution in [-0.4, -0.2) is 55.9 Å². The molecule has 154 valence electrons. The average Bonchev–Trinajstić information content (AvgIpc) is 2.91. The molecule has 0 spiro atoms. The predicted octanol–water partition coefficient (Wildman–Crippen LogP) is 0.645. The molecule has 0 aliphatic carbocycles. The first kappa shape index (κ1) is 20.8. The van der Waals surface area contributed by atoms with Crippen molar-refractivity contribution in [2.45, 2.75) is 17.5 Å². The van der Waals surface area contributed by atoms with Crippen LogP contribution in [0.2, 0.25) is 0 Å². The van der Waals surface area contributed by atoms with E-state index in [2.05, 4.69) is 0 Å². The number of hydrogen-bond donors (Lipinski definition) is 2. The SMILES string of the molecule is COc1ccc(S(=O)(=O)N2Cc3ccccc3N(C(=O)CN)CC2C(=O)O)cc1. The van der Waals surface area contributed by atoms with Gasteiger partial charge in [-0.3, -0.25) is 9.59 Å². The maximum Gasteiger partial charge on any atom is 0.323 e. The number of benzene rings is 2. The summed E-state index contributed by atoms with van der Waals surface area (Å²) in [5.74, 6) is -1.38. The number of methoxy groups -OCH3 is 1. The van der Waals surface area contributed by atoms with Crippen molar-refractivity contribution >= 4 is 27.6 Å². The van der Waals surface area contributed by atoms with E-state index in [-0.39, 0.29) is 24.5 Å². The highest BCUT2D eigenvalue weighted by molar-refractivity contribution is 7.89. The summed E-state index contributed by atoms with van der Waals surface area (Å²) in [6.45, 7) is -0.875. The molecule has 1 aliphatic heterocycles. The number of hydrogen-bond acceptors (Lipinski definition) is 6. The number of ether oxygens (including phenoxy) is 1. The molecule has 10 heteroatoms. The van der Waals surface area contributed by atoms with Gasteiger partial charge in [-0.2, -0.15) is 4.31 Å². The number of anilines is 1. The first-order chi connectivity index (χ1) is 13.8. The molecule has 1 heterocycles. The fourth-order valence-electron chi connectivity index (χ4n) is 3.23. The second kappa shape index (κ2) is 8.19. The Hall–Kier alpha value is -2.95. The predicted molar refractivity (Wildman–Crippen MR) is 105 cm³/mol. The minimum absolute atomic E-state index is 0.0689. The fourth-order valence-corrected chi connectivity index (χ4v) is 4.78. The van der Waals surface area contributed by atoms with Crippen LogP contribution in [0.5, 0.6) is 5.75 Å². The number of carboxylic acid groups (broad SMARTS) is 1. The largest absolute Gasteiger partial charge is 0.497 e. The van der Waals surface area contributed by atoms with Gasteiger partial charge in [-0.05, 0) is 35.9 Å². The summed E-state index contributed by atoms with van der Waals surface area (Å²) in [5, 5.41) is 9.78. The lowest BCUT2D eigenvalue weighted by molar-refractivity contribution is -0.141. The van der Waals surface area contributed by atoms with E-state index in [9.17, 15) is 23.1 Å². The van der Waals surface area contributed by atoms with Crippen molar-refractivity contribution < 1.29 is 27.9 Å². The van der Waals surface area contributed by atoms with Gasteiger partial charge in [0.2, 0.25) is 15.9 Å². The number of nitrogens with two attached hydrogens (primary N) is 1. The molecule has 1 amide bonds. The Morgan fingerprint density at radius 1 is 1.17 bits per heavy atom. The van der Waals surface area contributed by atoms with Crippen LogP contribution in [0.1, 0.15) is 5.56 Å². The zero-order chi connectivity index (χ0) is 21.2. The molecule has 2 aromatic carbocycles. The lowest BCUT2D eigenvalue weighted by atomic mass is 10.1. The normalized spacial score (nSPS) is 17.3. The minimum atomic E-state index is -4.18. The average molecular weight is 419 g/mol. The topological polar surface area (TPSA) is 130 Å². The summed E-state index contributed by atoms with van der Waals surface area (Å²) in [5.41, 5.74) is 6.44. The number of aliphatic carboxylic acids is 1. The monoisotopic (exact) mass is 419 g/mol. The summed E-state index contributed by atoms with van der Waals surface area (Å²) in [4.78, 5) is 25.5. The third kappa shape index (κ3) is 3.95. The van der Waals surface area contributed by atoms with E-state index in [1.807, 2.05) is 0 Å². The molecule has 0 saturated heterocycles. The van der Waals surface area contributed by atoms with Crippen molar-refractivity contribution in [2.24, 2.45) is 5.73 Å². The van der Waals surface area contributed by atoms with Crippen LogP contribution < -0.4 is 15.4 Å². The Kier molecular flexibility index (Phi) is 5.87. The molecule has 1 aliphatic rings. The highest BCUT2D eigenvalue weighted by Crippen LogP contribution is 2.31. The van der Waals surface area contributed by atoms with Crippen molar-refractivity contribution in [2.75, 3.05) is 25.1 Å². The molecule has 0 bridgehead atoms. The number of carbonyl (C=O) groups is 2. The van der Waals surface area contributed by atoms with E-state index in [1.54, 1.807) is 24.3 Å². The molecular formula is C19H21N3O6S. The second-order valence-corrected chi connectivity index (χ2v) is 8.31. The first-order valence-corrected chi connectivity index (χ1v) is 10.2. The molecule has 1 atom stereocenters. The van der Waals surface area contributed by atoms with Crippen LogP contribution in [-0.2, 0) is 26.2 Å². The summed E-state index contributed by atoms with van der Waals surface area (Å²) < 4.78 is 32.6. The zero-order valence-corrected chi connectivity index (χ0v) is 16.5. The molecule has 3 rings (SSSR count). The van der Waals surface area contributed by atoms with Gasteiger partial charge in [0.05, 0.1) is 25.1 Å². The Balaban J connectivity index is 2.11. The van der Waals surface area contributed by atoms with Crippen LogP contribution in [0.15, 0.2) is 53.4 Å². The van der Waals surface area contributed by atoms with E-state index in [4.69, 9.17) is 10.5 Å². The molecular weight excluding hydrogens is 398 g/mol. The summed E-state index contributed by atoms with van der Waals surface area (Å²) in [7, 11) is -2.72. The van der Waals surface area contributed by atoms with Gasteiger partial charge in [-0.15, -0.1) is 0 Å². The molecule has 29 heavy (non-hydrogen) atoms. The number of sulfonamides is 1. The Bertz CT molecular complexity index is 1020. The van der Waals surface area contributed by atoms with Gasteiger partial charge in [-0.25, -0.2) is 8.42 Å². The summed E-state index contributed by atoms with van der Waals surface area (Å²) in [6, 6.07) is 10.9. The number of rotatable bonds is 5. The van der Waals surface area contributed by atoms with Gasteiger partial charge in [0, 0.05) is 12.2 Å². The van der Waals surface area contributed by atoms with Gasteiger partial charge in [0.25, 0.3) is 0 Å². The second-order valence-electron chi connectivity index (χ2n) is 6.42. The van der Waals surface area contributed by atoms with E-state index >= 15 is 0 Å². The smallest absolute Gasteiger partial charge is 0.323 e. The molecule has 0 radical (unpaired) electrons. The molecule has 0 saturated carbocycles. The number of amides is 1. The van der Waals surface area contributed by atoms with Crippen molar-refractivity contribution in [3.8, 4) is 5.75 Å². The lowest BCUT2D eigenvalue weighted by Crippen LogP contribution is -2.51. The van der Waals surface area contributed by atoms with Crippen LogP contribution in [0.3, 0.4) is 0 Å². The summed E-state index contributed by atoms with van der Waals surface area (Å²) >= 11 is 0. The van der Waals surface area contributed by atoms with E-state index in [0.717, 1.165) is 4.31 Å². The Morgan fingerprint density at radius 3 is 2.41 bits per heavy atom. The number of carboxylic acids is 1. The highest BCUT2D eigenvalue weighted by Gasteiger charge is 2.41. The van der Waals surface area contributed by atoms with Crippen LogP contribution in [0, 0.1) is 0 Å². The maximum absolute atomic E-state index is 13.3. The third-order valence-electron chi connectivity index (χ3n) is 4.74. The summed E-state index contributed by atoms with van der Waals surface area (Å²) in [6.07, 6.45) is 0.